The second-order valence-electron chi connectivity index (χ2n) is 6.46. The Morgan fingerprint density at radius 2 is 1.29 bits per heavy atom. The Kier molecular flexibility index (Phi) is 8.21. The van der Waals surface area contributed by atoms with Gasteiger partial charge in [0.15, 0.2) is 0 Å². The number of hydrogen-bond donors (Lipinski definition) is 2. The fourth-order valence-electron chi connectivity index (χ4n) is 3.08. The fraction of sp³-hybridized carbons (Fsp3) is 0.667. The molecule has 6 nitrogen and oxygen atoms in total. The molecule has 1 fully saturated rings. The van der Waals surface area contributed by atoms with Gasteiger partial charge in [0, 0.05) is 18.4 Å². The normalized spacial score (nSPS) is 18.0. The van der Waals surface area contributed by atoms with E-state index >= 15 is 0 Å². The van der Waals surface area contributed by atoms with E-state index in [-0.39, 0.29) is 12.0 Å². The summed E-state index contributed by atoms with van der Waals surface area (Å²) in [5.41, 5.74) is 0. The van der Waals surface area contributed by atoms with E-state index in [9.17, 15) is 9.59 Å². The molecule has 6 heteroatoms. The molecule has 24 heavy (non-hydrogen) atoms. The van der Waals surface area contributed by atoms with Crippen molar-refractivity contribution in [2.24, 2.45) is 0 Å². The van der Waals surface area contributed by atoms with E-state index in [1.165, 1.54) is 57.3 Å². The standard InChI is InChI=1S/C18H28N4O2/c23-16(17(24)22-18-19-13-10-14-20-18)21-15-11-8-6-4-2-1-3-5-7-9-12-15/h10,13-15H,1-9,11-12H2,(H,21,23)(H,19,20,22,24). The molecule has 132 valence electrons. The largest absolute Gasteiger partial charge is 0.345 e. The maximum Gasteiger partial charge on any atom is 0.316 e. The van der Waals surface area contributed by atoms with Gasteiger partial charge in [0.1, 0.15) is 0 Å². The summed E-state index contributed by atoms with van der Waals surface area (Å²) in [7, 11) is 0. The molecule has 0 radical (unpaired) electrons. The first kappa shape index (κ1) is 18.4. The second-order valence-corrected chi connectivity index (χ2v) is 6.46. The van der Waals surface area contributed by atoms with Gasteiger partial charge in [-0.05, 0) is 18.9 Å². The predicted octanol–water partition coefficient (Wildman–Crippen LogP) is 3.20. The average molecular weight is 332 g/mol. The molecule has 1 heterocycles. The molecule has 0 unspecified atom stereocenters. The van der Waals surface area contributed by atoms with Crippen molar-refractivity contribution in [2.45, 2.75) is 76.7 Å². The molecule has 1 aromatic rings. The van der Waals surface area contributed by atoms with Gasteiger partial charge in [-0.1, -0.05) is 57.8 Å². The highest BCUT2D eigenvalue weighted by Crippen LogP contribution is 2.17. The van der Waals surface area contributed by atoms with Crippen LogP contribution in [0.2, 0.25) is 0 Å². The first-order valence-electron chi connectivity index (χ1n) is 9.14. The molecule has 1 aromatic heterocycles. The van der Waals surface area contributed by atoms with Crippen LogP contribution >= 0.6 is 0 Å². The first-order valence-corrected chi connectivity index (χ1v) is 9.14. The van der Waals surface area contributed by atoms with Crippen molar-refractivity contribution in [1.82, 2.24) is 15.3 Å². The highest BCUT2D eigenvalue weighted by Gasteiger charge is 2.19. The fourth-order valence-corrected chi connectivity index (χ4v) is 3.08. The van der Waals surface area contributed by atoms with Crippen LogP contribution in [0.15, 0.2) is 18.5 Å². The Morgan fingerprint density at radius 3 is 1.83 bits per heavy atom. The quantitative estimate of drug-likeness (QED) is 0.815. The molecule has 2 amide bonds. The smallest absolute Gasteiger partial charge is 0.316 e. The van der Waals surface area contributed by atoms with E-state index in [2.05, 4.69) is 20.6 Å². The third kappa shape index (κ3) is 7.06. The summed E-state index contributed by atoms with van der Waals surface area (Å²) in [6.45, 7) is 0. The minimum atomic E-state index is -0.702. The van der Waals surface area contributed by atoms with Crippen LogP contribution in [0, 0.1) is 0 Å². The molecule has 0 spiro atoms. The van der Waals surface area contributed by atoms with Crippen molar-refractivity contribution in [2.75, 3.05) is 5.32 Å². The highest BCUT2D eigenvalue weighted by atomic mass is 16.2. The third-order valence-corrected chi connectivity index (χ3v) is 4.44. The van der Waals surface area contributed by atoms with Crippen molar-refractivity contribution in [3.8, 4) is 0 Å². The number of nitrogens with zero attached hydrogens (tertiary/aromatic N) is 2. The van der Waals surface area contributed by atoms with E-state index in [4.69, 9.17) is 0 Å². The van der Waals surface area contributed by atoms with E-state index < -0.39 is 11.8 Å². The lowest BCUT2D eigenvalue weighted by atomic mass is 9.98. The van der Waals surface area contributed by atoms with Crippen LogP contribution in [0.3, 0.4) is 0 Å². The molecular formula is C18H28N4O2. The molecule has 0 saturated heterocycles. The lowest BCUT2D eigenvalue weighted by Crippen LogP contribution is -2.42. The minimum absolute atomic E-state index is 0.0827. The molecule has 0 atom stereocenters. The van der Waals surface area contributed by atoms with Crippen LogP contribution in [0.5, 0.6) is 0 Å². The zero-order valence-corrected chi connectivity index (χ0v) is 14.3. The number of hydrogen-bond acceptors (Lipinski definition) is 4. The molecule has 0 bridgehead atoms. The first-order chi connectivity index (χ1) is 11.8. The Labute approximate surface area is 143 Å². The number of anilines is 1. The van der Waals surface area contributed by atoms with Gasteiger partial charge in [-0.2, -0.15) is 0 Å². The monoisotopic (exact) mass is 332 g/mol. The summed E-state index contributed by atoms with van der Waals surface area (Å²) in [5, 5.41) is 5.31. The van der Waals surface area contributed by atoms with Crippen molar-refractivity contribution >= 4 is 17.8 Å². The lowest BCUT2D eigenvalue weighted by molar-refractivity contribution is -0.136. The summed E-state index contributed by atoms with van der Waals surface area (Å²) in [6.07, 6.45) is 16.1. The number of rotatable bonds is 2. The number of nitrogens with one attached hydrogen (secondary N) is 2. The number of amides is 2. The SMILES string of the molecule is O=C(Nc1ncccn1)C(=O)NC1CCCCCCCCCCC1. The zero-order chi connectivity index (χ0) is 17.0. The van der Waals surface area contributed by atoms with Crippen LogP contribution in [-0.2, 0) is 9.59 Å². The van der Waals surface area contributed by atoms with Crippen molar-refractivity contribution < 1.29 is 9.59 Å². The number of carbonyl (C=O) groups excluding carboxylic acids is 2. The zero-order valence-electron chi connectivity index (χ0n) is 14.3. The molecule has 1 aliphatic carbocycles. The summed E-state index contributed by atoms with van der Waals surface area (Å²) in [6, 6.07) is 1.74. The average Bonchev–Trinajstić information content (AvgIpc) is 2.58. The molecule has 0 aliphatic heterocycles. The van der Waals surface area contributed by atoms with E-state index in [1.807, 2.05) is 0 Å². The Balaban J connectivity index is 1.81. The maximum absolute atomic E-state index is 12.1. The van der Waals surface area contributed by atoms with Gasteiger partial charge < -0.3 is 5.32 Å². The molecule has 2 rings (SSSR count). The lowest BCUT2D eigenvalue weighted by Gasteiger charge is -2.19. The van der Waals surface area contributed by atoms with Crippen LogP contribution in [0.25, 0.3) is 0 Å². The highest BCUT2D eigenvalue weighted by molar-refractivity contribution is 6.39. The molecule has 2 N–H and O–H groups in total. The van der Waals surface area contributed by atoms with Crippen molar-refractivity contribution in [1.29, 1.82) is 0 Å². The summed E-state index contributed by atoms with van der Waals surface area (Å²) >= 11 is 0. The van der Waals surface area contributed by atoms with Gasteiger partial charge in [-0.3, -0.25) is 14.9 Å². The number of carbonyl (C=O) groups is 2. The molecule has 1 aliphatic rings. The minimum Gasteiger partial charge on any atom is -0.345 e. The van der Waals surface area contributed by atoms with Gasteiger partial charge in [-0.25, -0.2) is 9.97 Å². The maximum atomic E-state index is 12.1. The van der Waals surface area contributed by atoms with Gasteiger partial charge in [0.25, 0.3) is 0 Å². The van der Waals surface area contributed by atoms with Crippen molar-refractivity contribution in [3.63, 3.8) is 0 Å². The Morgan fingerprint density at radius 1 is 0.792 bits per heavy atom. The van der Waals surface area contributed by atoms with Gasteiger partial charge >= 0.3 is 11.8 Å². The van der Waals surface area contributed by atoms with Crippen LogP contribution < -0.4 is 10.6 Å². The third-order valence-electron chi connectivity index (χ3n) is 4.44. The van der Waals surface area contributed by atoms with Crippen LogP contribution in [-0.4, -0.2) is 27.8 Å². The molecular weight excluding hydrogens is 304 g/mol. The number of aromatic nitrogens is 2. The van der Waals surface area contributed by atoms with Crippen molar-refractivity contribution in [3.05, 3.63) is 18.5 Å². The van der Waals surface area contributed by atoms with Crippen LogP contribution in [0.1, 0.15) is 70.6 Å². The molecule has 0 aromatic carbocycles. The van der Waals surface area contributed by atoms with Gasteiger partial charge in [-0.15, -0.1) is 0 Å². The van der Waals surface area contributed by atoms with Gasteiger partial charge in [0.2, 0.25) is 5.95 Å². The van der Waals surface area contributed by atoms with Crippen LogP contribution in [0.4, 0.5) is 5.95 Å². The predicted molar refractivity (Wildman–Crippen MR) is 93.4 cm³/mol. The summed E-state index contributed by atoms with van der Waals surface area (Å²) in [5.74, 6) is -1.15. The van der Waals surface area contributed by atoms with E-state index in [0.29, 0.717) is 0 Å². The Bertz CT molecular complexity index is 495. The van der Waals surface area contributed by atoms with E-state index in [1.54, 1.807) is 6.07 Å². The Hall–Kier alpha value is -1.98. The molecule has 1 saturated carbocycles. The van der Waals surface area contributed by atoms with Gasteiger partial charge in [0.05, 0.1) is 0 Å². The van der Waals surface area contributed by atoms with E-state index in [0.717, 1.165) is 25.7 Å². The topological polar surface area (TPSA) is 84.0 Å². The second kappa shape index (κ2) is 10.7. The summed E-state index contributed by atoms with van der Waals surface area (Å²) < 4.78 is 0. The summed E-state index contributed by atoms with van der Waals surface area (Å²) in [4.78, 5) is 31.9.